The minimum Gasteiger partial charge on any atom is -0.357 e. The zero-order chi connectivity index (χ0) is 12.7. The van der Waals surface area contributed by atoms with E-state index in [4.69, 9.17) is 4.74 Å². The van der Waals surface area contributed by atoms with E-state index in [-0.39, 0.29) is 12.0 Å². The molecule has 3 rings (SSSR count). The molecule has 6 heteroatoms. The second kappa shape index (κ2) is 5.05. The summed E-state index contributed by atoms with van der Waals surface area (Å²) in [6.07, 6.45) is 5.13. The highest BCUT2D eigenvalue weighted by Crippen LogP contribution is 2.32. The Morgan fingerprint density at radius 1 is 1.50 bits per heavy atom. The topological polar surface area (TPSA) is 27.1 Å². The van der Waals surface area contributed by atoms with Crippen LogP contribution < -0.4 is 0 Å². The Labute approximate surface area is 126 Å². The van der Waals surface area contributed by atoms with E-state index in [9.17, 15) is 4.39 Å². The molecule has 1 saturated heterocycles. The number of hydrogen-bond donors (Lipinski definition) is 0. The highest BCUT2D eigenvalue weighted by Gasteiger charge is 2.19. The van der Waals surface area contributed by atoms with E-state index in [1.165, 1.54) is 6.07 Å². The Bertz CT molecular complexity index is 595. The van der Waals surface area contributed by atoms with Crippen molar-refractivity contribution in [1.82, 2.24) is 9.78 Å². The van der Waals surface area contributed by atoms with E-state index < -0.39 is 0 Å². The summed E-state index contributed by atoms with van der Waals surface area (Å²) in [5.74, 6) is -0.246. The number of fused-ring (bicyclic) bond motifs is 1. The monoisotopic (exact) mass is 424 g/mol. The lowest BCUT2D eigenvalue weighted by Gasteiger charge is -2.22. The summed E-state index contributed by atoms with van der Waals surface area (Å²) in [5, 5.41) is 5.34. The molecule has 1 aromatic carbocycles. The highest BCUT2D eigenvalue weighted by molar-refractivity contribution is 14.1. The Hall–Kier alpha value is -0.210. The van der Waals surface area contributed by atoms with Crippen molar-refractivity contribution < 1.29 is 9.13 Å². The molecule has 1 fully saturated rings. The largest absolute Gasteiger partial charge is 0.357 e. The molecule has 96 valence electrons. The first-order valence-corrected chi connectivity index (χ1v) is 7.68. The fourth-order valence-electron chi connectivity index (χ4n) is 2.17. The summed E-state index contributed by atoms with van der Waals surface area (Å²) in [7, 11) is 0. The molecule has 1 unspecified atom stereocenters. The summed E-state index contributed by atoms with van der Waals surface area (Å²) in [6.45, 7) is 0.772. The predicted molar refractivity (Wildman–Crippen MR) is 78.9 cm³/mol. The fraction of sp³-hybridized carbons (Fsp3) is 0.417. The predicted octanol–water partition coefficient (Wildman–Crippen LogP) is 4.24. The van der Waals surface area contributed by atoms with Gasteiger partial charge >= 0.3 is 0 Å². The van der Waals surface area contributed by atoms with Crippen molar-refractivity contribution in [3.8, 4) is 0 Å². The second-order valence-electron chi connectivity index (χ2n) is 4.35. The molecule has 0 spiro atoms. The minimum absolute atomic E-state index is 0.0150. The van der Waals surface area contributed by atoms with Crippen LogP contribution in [0.4, 0.5) is 4.39 Å². The van der Waals surface area contributed by atoms with Gasteiger partial charge in [0.15, 0.2) is 0 Å². The van der Waals surface area contributed by atoms with Crippen molar-refractivity contribution in [2.75, 3.05) is 6.61 Å². The lowest BCUT2D eigenvalue weighted by atomic mass is 10.2. The molecule has 1 aromatic heterocycles. The van der Waals surface area contributed by atoms with Gasteiger partial charge < -0.3 is 4.74 Å². The Balaban J connectivity index is 2.07. The van der Waals surface area contributed by atoms with Crippen LogP contribution in [-0.4, -0.2) is 16.4 Å². The van der Waals surface area contributed by atoms with Crippen molar-refractivity contribution in [2.45, 2.75) is 25.5 Å². The van der Waals surface area contributed by atoms with Crippen LogP contribution in [-0.2, 0) is 4.74 Å². The zero-order valence-corrected chi connectivity index (χ0v) is 13.2. The fourth-order valence-corrected chi connectivity index (χ4v) is 3.11. The van der Waals surface area contributed by atoms with Gasteiger partial charge in [-0.15, -0.1) is 0 Å². The molecule has 1 aliphatic heterocycles. The molecule has 1 aliphatic rings. The van der Waals surface area contributed by atoms with E-state index in [1.54, 1.807) is 0 Å². The number of nitrogens with zero attached hydrogens (tertiary/aromatic N) is 2. The van der Waals surface area contributed by atoms with E-state index in [1.807, 2.05) is 33.5 Å². The number of rotatable bonds is 1. The van der Waals surface area contributed by atoms with Gasteiger partial charge in [-0.3, -0.25) is 0 Å². The number of benzene rings is 1. The standard InChI is InChI=1S/C12H11BrFIN2O/c13-11-7-6-17(10-3-1-2-4-18-10)16-9(7)5-8(14)12(11)15/h5-6,10H,1-4H2. The zero-order valence-electron chi connectivity index (χ0n) is 9.50. The van der Waals surface area contributed by atoms with Crippen LogP contribution in [0.15, 0.2) is 16.7 Å². The molecule has 1 atom stereocenters. The average molecular weight is 425 g/mol. The van der Waals surface area contributed by atoms with Crippen LogP contribution in [0.3, 0.4) is 0 Å². The van der Waals surface area contributed by atoms with Gasteiger partial charge in [-0.2, -0.15) is 5.10 Å². The summed E-state index contributed by atoms with van der Waals surface area (Å²) in [6, 6.07) is 1.47. The summed E-state index contributed by atoms with van der Waals surface area (Å²) < 4.78 is 22.5. The van der Waals surface area contributed by atoms with Gasteiger partial charge in [-0.1, -0.05) is 0 Å². The smallest absolute Gasteiger partial charge is 0.150 e. The average Bonchev–Trinajstić information content (AvgIpc) is 2.81. The van der Waals surface area contributed by atoms with Gasteiger partial charge in [0, 0.05) is 28.7 Å². The molecule has 18 heavy (non-hydrogen) atoms. The third-order valence-electron chi connectivity index (χ3n) is 3.11. The second-order valence-corrected chi connectivity index (χ2v) is 6.22. The maximum absolute atomic E-state index is 13.6. The Kier molecular flexibility index (Phi) is 3.59. The third-order valence-corrected chi connectivity index (χ3v) is 5.73. The van der Waals surface area contributed by atoms with Crippen LogP contribution in [0.5, 0.6) is 0 Å². The molecule has 2 aromatic rings. The Morgan fingerprint density at radius 3 is 3.06 bits per heavy atom. The van der Waals surface area contributed by atoms with Crippen LogP contribution in [0.1, 0.15) is 25.5 Å². The highest BCUT2D eigenvalue weighted by atomic mass is 127. The van der Waals surface area contributed by atoms with Crippen molar-refractivity contribution in [2.24, 2.45) is 0 Å². The molecule has 0 saturated carbocycles. The first-order chi connectivity index (χ1) is 8.66. The lowest BCUT2D eigenvalue weighted by Crippen LogP contribution is -2.18. The molecule has 0 N–H and O–H groups in total. The van der Waals surface area contributed by atoms with Gasteiger partial charge in [-0.25, -0.2) is 9.07 Å². The molecule has 3 nitrogen and oxygen atoms in total. The third kappa shape index (κ3) is 2.18. The van der Waals surface area contributed by atoms with E-state index in [0.29, 0.717) is 9.09 Å². The summed E-state index contributed by atoms with van der Waals surface area (Å²) in [5.41, 5.74) is 0.661. The van der Waals surface area contributed by atoms with E-state index in [2.05, 4.69) is 21.0 Å². The summed E-state index contributed by atoms with van der Waals surface area (Å²) in [4.78, 5) is 0. The molecule has 0 radical (unpaired) electrons. The van der Waals surface area contributed by atoms with Crippen molar-refractivity contribution in [1.29, 1.82) is 0 Å². The number of hydrogen-bond acceptors (Lipinski definition) is 2. The molecular weight excluding hydrogens is 414 g/mol. The minimum atomic E-state index is -0.246. The maximum atomic E-state index is 13.6. The Morgan fingerprint density at radius 2 is 2.33 bits per heavy atom. The van der Waals surface area contributed by atoms with Crippen LogP contribution in [0, 0.1) is 9.39 Å². The van der Waals surface area contributed by atoms with E-state index >= 15 is 0 Å². The van der Waals surface area contributed by atoms with E-state index in [0.717, 1.165) is 35.7 Å². The van der Waals surface area contributed by atoms with Gasteiger partial charge in [0.2, 0.25) is 0 Å². The number of aromatic nitrogens is 2. The van der Waals surface area contributed by atoms with Gasteiger partial charge in [0.1, 0.15) is 12.0 Å². The quantitative estimate of drug-likeness (QED) is 0.505. The molecule has 0 bridgehead atoms. The molecule has 0 aliphatic carbocycles. The number of ether oxygens (including phenoxy) is 1. The van der Waals surface area contributed by atoms with Crippen molar-refractivity contribution in [3.63, 3.8) is 0 Å². The van der Waals surface area contributed by atoms with Crippen LogP contribution in [0.25, 0.3) is 10.9 Å². The van der Waals surface area contributed by atoms with Crippen LogP contribution >= 0.6 is 38.5 Å². The maximum Gasteiger partial charge on any atom is 0.150 e. The number of halogens is 3. The first kappa shape index (κ1) is 12.8. The van der Waals surface area contributed by atoms with Gasteiger partial charge in [0.05, 0.1) is 9.09 Å². The van der Waals surface area contributed by atoms with Gasteiger partial charge in [-0.05, 0) is 57.8 Å². The molecule has 0 amide bonds. The molecule has 2 heterocycles. The first-order valence-electron chi connectivity index (χ1n) is 5.81. The van der Waals surface area contributed by atoms with Gasteiger partial charge in [0.25, 0.3) is 0 Å². The van der Waals surface area contributed by atoms with Crippen molar-refractivity contribution >= 4 is 49.4 Å². The summed E-state index contributed by atoms with van der Waals surface area (Å²) >= 11 is 5.42. The lowest BCUT2D eigenvalue weighted by molar-refractivity contribution is -0.0390. The molecular formula is C12H11BrFIN2O. The SMILES string of the molecule is Fc1cc2nn(C3CCCCO3)cc2c(Br)c1I. The van der Waals surface area contributed by atoms with Crippen LogP contribution in [0.2, 0.25) is 0 Å². The normalized spacial score (nSPS) is 20.5. The van der Waals surface area contributed by atoms with Crippen molar-refractivity contribution in [3.05, 3.63) is 26.1 Å².